The molecule has 0 N–H and O–H groups in total. The predicted octanol–water partition coefficient (Wildman–Crippen LogP) is 3.55. The van der Waals surface area contributed by atoms with Crippen molar-refractivity contribution in [2.45, 2.75) is 26.4 Å². The number of alkyl halides is 4. The molecular formula is C16H17F4N5O2. The topological polar surface area (TPSA) is 74.4 Å². The van der Waals surface area contributed by atoms with Gasteiger partial charge in [-0.05, 0) is 6.07 Å². The first-order valence-electron chi connectivity index (χ1n) is 7.92. The van der Waals surface area contributed by atoms with Crippen molar-refractivity contribution in [3.8, 4) is 17.1 Å². The summed E-state index contributed by atoms with van der Waals surface area (Å²) in [5.41, 5.74) is 0.875. The summed E-state index contributed by atoms with van der Waals surface area (Å²) < 4.78 is 61.6. The van der Waals surface area contributed by atoms with Crippen molar-refractivity contribution >= 4 is 5.65 Å². The van der Waals surface area contributed by atoms with Gasteiger partial charge in [0.25, 0.3) is 6.43 Å². The number of ether oxygens (including phenoxy) is 2. The van der Waals surface area contributed by atoms with Gasteiger partial charge in [0, 0.05) is 31.1 Å². The van der Waals surface area contributed by atoms with Gasteiger partial charge in [0.1, 0.15) is 0 Å². The van der Waals surface area contributed by atoms with E-state index in [0.29, 0.717) is 11.3 Å². The van der Waals surface area contributed by atoms with Gasteiger partial charge in [-0.1, -0.05) is 13.8 Å². The maximum Gasteiger partial charge on any atom is 0.417 e. The fourth-order valence-corrected chi connectivity index (χ4v) is 2.01. The van der Waals surface area contributed by atoms with Crippen molar-refractivity contribution in [3.63, 3.8) is 0 Å². The molecule has 3 heterocycles. The van der Waals surface area contributed by atoms with Crippen LogP contribution in [0.5, 0.6) is 5.88 Å². The van der Waals surface area contributed by atoms with E-state index >= 15 is 0 Å². The molecule has 0 radical (unpaired) electrons. The quantitative estimate of drug-likeness (QED) is 0.602. The average molecular weight is 387 g/mol. The zero-order valence-electron chi connectivity index (χ0n) is 14.7. The van der Waals surface area contributed by atoms with Crippen LogP contribution >= 0.6 is 0 Å². The molecule has 0 spiro atoms. The molecule has 0 unspecified atom stereocenters. The minimum Gasteiger partial charge on any atom is -0.472 e. The van der Waals surface area contributed by atoms with E-state index in [2.05, 4.69) is 24.9 Å². The minimum absolute atomic E-state index is 0.0148. The summed E-state index contributed by atoms with van der Waals surface area (Å²) in [6.07, 6.45) is -2.34. The van der Waals surface area contributed by atoms with Gasteiger partial charge in [-0.15, -0.1) is 10.2 Å². The maximum absolute atomic E-state index is 13.7. The first-order chi connectivity index (χ1) is 12.9. The lowest BCUT2D eigenvalue weighted by Crippen LogP contribution is -2.19. The zero-order chi connectivity index (χ0) is 20.0. The Bertz CT molecular complexity index is 871. The molecule has 7 nitrogen and oxygen atoms in total. The molecule has 0 aromatic carbocycles. The molecule has 0 aliphatic heterocycles. The molecule has 0 saturated heterocycles. The normalized spacial score (nSPS) is 11.4. The third-order valence-corrected chi connectivity index (χ3v) is 3.20. The van der Waals surface area contributed by atoms with Gasteiger partial charge < -0.3 is 9.47 Å². The van der Waals surface area contributed by atoms with Crippen LogP contribution in [0.1, 0.15) is 19.7 Å². The average Bonchev–Trinajstić information content (AvgIpc) is 3.12. The van der Waals surface area contributed by atoms with E-state index in [0.717, 1.165) is 11.5 Å². The number of hydrogen-bond donors (Lipinski definition) is 0. The highest BCUT2D eigenvalue weighted by Crippen LogP contribution is 2.28. The van der Waals surface area contributed by atoms with Gasteiger partial charge in [-0.2, -0.15) is 8.78 Å². The Labute approximate surface area is 152 Å². The smallest absolute Gasteiger partial charge is 0.417 e. The molecule has 0 aliphatic rings. The fraction of sp³-hybridized carbons (Fsp3) is 0.375. The first-order valence-corrected chi connectivity index (χ1v) is 7.92. The lowest BCUT2D eigenvalue weighted by atomic mass is 10.2. The predicted molar refractivity (Wildman–Crippen MR) is 87.8 cm³/mol. The molecule has 3 aromatic rings. The third kappa shape index (κ3) is 4.67. The van der Waals surface area contributed by atoms with Crippen LogP contribution in [0.3, 0.4) is 0 Å². The van der Waals surface area contributed by atoms with E-state index in [1.54, 1.807) is 0 Å². The van der Waals surface area contributed by atoms with E-state index in [4.69, 9.17) is 4.74 Å². The Morgan fingerprint density at radius 3 is 2.44 bits per heavy atom. The monoisotopic (exact) mass is 387 g/mol. The van der Waals surface area contributed by atoms with Crippen LogP contribution < -0.4 is 4.74 Å². The summed E-state index contributed by atoms with van der Waals surface area (Å²) in [6.45, 7) is 3.23. The van der Waals surface area contributed by atoms with E-state index in [9.17, 15) is 17.6 Å². The molecule has 3 aromatic heterocycles. The summed E-state index contributed by atoms with van der Waals surface area (Å²) in [7, 11) is 0.852. The van der Waals surface area contributed by atoms with Crippen LogP contribution in [0.25, 0.3) is 16.9 Å². The summed E-state index contributed by atoms with van der Waals surface area (Å²) in [6, 6.07) is 2.89. The second-order valence-corrected chi connectivity index (χ2v) is 4.83. The Morgan fingerprint density at radius 1 is 1.11 bits per heavy atom. The van der Waals surface area contributed by atoms with E-state index in [-0.39, 0.29) is 11.5 Å². The second kappa shape index (κ2) is 8.71. The molecular weight excluding hydrogens is 370 g/mol. The molecule has 0 bridgehead atoms. The standard InChI is InChI=1S/C14H11F4N5O2.C2H6/c1-24-14(17,18)13-22-21-11-5-19-9(6-23(11)13)8-2-3-12(20-4-8)25-7-10(15)16;1-2/h2-6,10H,7H2,1H3;1-2H3. The first kappa shape index (κ1) is 20.5. The number of fused-ring (bicyclic) bond motifs is 1. The summed E-state index contributed by atoms with van der Waals surface area (Å²) in [4.78, 5) is 7.97. The number of halogens is 4. The van der Waals surface area contributed by atoms with Gasteiger partial charge in [-0.25, -0.2) is 13.8 Å². The second-order valence-electron chi connectivity index (χ2n) is 4.83. The van der Waals surface area contributed by atoms with Crippen molar-refractivity contribution in [1.29, 1.82) is 0 Å². The van der Waals surface area contributed by atoms with Crippen molar-refractivity contribution in [3.05, 3.63) is 36.5 Å². The van der Waals surface area contributed by atoms with E-state index < -0.39 is 25.0 Å². The highest BCUT2D eigenvalue weighted by molar-refractivity contribution is 5.59. The molecule has 0 aliphatic carbocycles. The Hall–Kier alpha value is -2.82. The number of hydrogen-bond acceptors (Lipinski definition) is 6. The van der Waals surface area contributed by atoms with Crippen molar-refractivity contribution < 1.29 is 27.0 Å². The van der Waals surface area contributed by atoms with Crippen molar-refractivity contribution in [2.75, 3.05) is 13.7 Å². The number of aromatic nitrogens is 5. The van der Waals surface area contributed by atoms with Crippen LogP contribution in [-0.4, -0.2) is 44.7 Å². The van der Waals surface area contributed by atoms with E-state index in [1.807, 2.05) is 13.8 Å². The van der Waals surface area contributed by atoms with Gasteiger partial charge in [0.15, 0.2) is 12.3 Å². The SMILES string of the molecule is CC.COC(F)(F)c1nnc2cnc(-c3ccc(OCC(F)F)nc3)cn12. The van der Waals surface area contributed by atoms with Crippen LogP contribution in [0.15, 0.2) is 30.7 Å². The number of pyridine rings is 1. The summed E-state index contributed by atoms with van der Waals surface area (Å²) in [5.74, 6) is -0.681. The molecule has 3 rings (SSSR count). The van der Waals surface area contributed by atoms with Gasteiger partial charge in [-0.3, -0.25) is 9.38 Å². The van der Waals surface area contributed by atoms with Crippen molar-refractivity contribution in [1.82, 2.24) is 24.6 Å². The summed E-state index contributed by atoms with van der Waals surface area (Å²) >= 11 is 0. The van der Waals surface area contributed by atoms with Crippen LogP contribution in [0.2, 0.25) is 0 Å². The Morgan fingerprint density at radius 2 is 1.85 bits per heavy atom. The van der Waals surface area contributed by atoms with Gasteiger partial charge in [0.05, 0.1) is 11.9 Å². The van der Waals surface area contributed by atoms with Crippen LogP contribution in [-0.2, 0) is 10.8 Å². The highest BCUT2D eigenvalue weighted by Gasteiger charge is 2.37. The Balaban J connectivity index is 0.00000126. The molecule has 11 heteroatoms. The zero-order valence-corrected chi connectivity index (χ0v) is 14.7. The molecule has 0 fully saturated rings. The van der Waals surface area contributed by atoms with E-state index in [1.165, 1.54) is 30.7 Å². The Kier molecular flexibility index (Phi) is 6.61. The number of methoxy groups -OCH3 is 1. The molecule has 0 atom stereocenters. The summed E-state index contributed by atoms with van der Waals surface area (Å²) in [5, 5.41) is 7.03. The van der Waals surface area contributed by atoms with Crippen LogP contribution in [0, 0.1) is 0 Å². The molecule has 0 saturated carbocycles. The van der Waals surface area contributed by atoms with Crippen molar-refractivity contribution in [2.24, 2.45) is 0 Å². The molecule has 27 heavy (non-hydrogen) atoms. The van der Waals surface area contributed by atoms with Gasteiger partial charge >= 0.3 is 6.11 Å². The highest BCUT2D eigenvalue weighted by atomic mass is 19.3. The fourth-order valence-electron chi connectivity index (χ4n) is 2.01. The third-order valence-electron chi connectivity index (χ3n) is 3.20. The number of rotatable bonds is 6. The lowest BCUT2D eigenvalue weighted by Gasteiger charge is -2.11. The molecule has 146 valence electrons. The van der Waals surface area contributed by atoms with Crippen LogP contribution in [0.4, 0.5) is 17.6 Å². The lowest BCUT2D eigenvalue weighted by molar-refractivity contribution is -0.237. The van der Waals surface area contributed by atoms with Gasteiger partial charge in [0.2, 0.25) is 11.7 Å². The minimum atomic E-state index is -3.62. The maximum atomic E-state index is 13.7. The molecule has 0 amide bonds. The largest absolute Gasteiger partial charge is 0.472 e. The number of nitrogens with zero attached hydrogens (tertiary/aromatic N) is 5.